The fourth-order valence-electron chi connectivity index (χ4n) is 2.18. The monoisotopic (exact) mass is 284 g/mol. The molecule has 0 atom stereocenters. The third-order valence-electron chi connectivity index (χ3n) is 3.24. The van der Waals surface area contributed by atoms with E-state index in [9.17, 15) is 9.59 Å². The van der Waals surface area contributed by atoms with Gasteiger partial charge in [0.05, 0.1) is 18.3 Å². The summed E-state index contributed by atoms with van der Waals surface area (Å²) >= 11 is 0. The van der Waals surface area contributed by atoms with Gasteiger partial charge in [0.2, 0.25) is 0 Å². The summed E-state index contributed by atoms with van der Waals surface area (Å²) in [5.74, 6) is -0.995. The summed E-state index contributed by atoms with van der Waals surface area (Å²) in [6, 6.07) is 6.48. The molecule has 0 unspecified atom stereocenters. The van der Waals surface area contributed by atoms with Gasteiger partial charge in [-0.2, -0.15) is 5.10 Å². The van der Waals surface area contributed by atoms with E-state index >= 15 is 0 Å². The number of hydrogen-bond donors (Lipinski definition) is 1. The highest BCUT2D eigenvalue weighted by Gasteiger charge is 2.09. The highest BCUT2D eigenvalue weighted by molar-refractivity contribution is 5.87. The summed E-state index contributed by atoms with van der Waals surface area (Å²) in [5.41, 5.74) is 1.24. The van der Waals surface area contributed by atoms with Gasteiger partial charge in [0.15, 0.2) is 5.65 Å². The molecule has 3 rings (SSSR count). The van der Waals surface area contributed by atoms with Crippen molar-refractivity contribution in [3.8, 4) is 0 Å². The molecule has 7 heteroatoms. The number of carbonyl (C=O) groups is 1. The van der Waals surface area contributed by atoms with E-state index in [1.54, 1.807) is 25.2 Å². The van der Waals surface area contributed by atoms with Gasteiger partial charge in [-0.3, -0.25) is 14.0 Å². The molecule has 21 heavy (non-hydrogen) atoms. The van der Waals surface area contributed by atoms with Crippen molar-refractivity contribution < 1.29 is 9.90 Å². The molecule has 0 saturated heterocycles. The van der Waals surface area contributed by atoms with Crippen LogP contribution in [0.15, 0.2) is 41.6 Å². The van der Waals surface area contributed by atoms with Crippen LogP contribution in [-0.2, 0) is 13.6 Å². The fraction of sp³-hybridized carbons (Fsp3) is 0.143. The maximum atomic E-state index is 12.3. The van der Waals surface area contributed by atoms with E-state index in [0.29, 0.717) is 11.0 Å². The van der Waals surface area contributed by atoms with Crippen molar-refractivity contribution in [2.24, 2.45) is 7.05 Å². The number of carboxylic acids is 1. The van der Waals surface area contributed by atoms with Crippen molar-refractivity contribution in [2.45, 2.75) is 6.54 Å². The Kier molecular flexibility index (Phi) is 3.02. The molecule has 106 valence electrons. The average molecular weight is 284 g/mol. The number of carboxylic acid groups (broad SMARTS) is 1. The number of aromatic carboxylic acids is 1. The minimum atomic E-state index is -0.995. The zero-order chi connectivity index (χ0) is 15.0. The predicted molar refractivity (Wildman–Crippen MR) is 75.3 cm³/mol. The van der Waals surface area contributed by atoms with E-state index in [1.807, 2.05) is 0 Å². The highest BCUT2D eigenvalue weighted by atomic mass is 16.4. The lowest BCUT2D eigenvalue weighted by atomic mass is 10.1. The summed E-state index contributed by atoms with van der Waals surface area (Å²) in [6.07, 6.45) is 2.93. The van der Waals surface area contributed by atoms with Crippen molar-refractivity contribution in [1.29, 1.82) is 0 Å². The van der Waals surface area contributed by atoms with Crippen LogP contribution < -0.4 is 5.56 Å². The zero-order valence-electron chi connectivity index (χ0n) is 11.2. The van der Waals surface area contributed by atoms with Crippen molar-refractivity contribution in [1.82, 2.24) is 19.3 Å². The van der Waals surface area contributed by atoms with Crippen LogP contribution in [0.2, 0.25) is 0 Å². The predicted octanol–water partition coefficient (Wildman–Crippen LogP) is 0.876. The maximum absolute atomic E-state index is 12.3. The lowest BCUT2D eigenvalue weighted by Gasteiger charge is -2.06. The van der Waals surface area contributed by atoms with Crippen LogP contribution in [0.25, 0.3) is 11.0 Å². The van der Waals surface area contributed by atoms with Crippen molar-refractivity contribution in [3.63, 3.8) is 0 Å². The minimum absolute atomic E-state index is 0.191. The Morgan fingerprint density at radius 2 is 2.19 bits per heavy atom. The maximum Gasteiger partial charge on any atom is 0.335 e. The van der Waals surface area contributed by atoms with Gasteiger partial charge >= 0.3 is 5.97 Å². The molecule has 0 aliphatic carbocycles. The second-order valence-corrected chi connectivity index (χ2v) is 4.69. The fourth-order valence-corrected chi connectivity index (χ4v) is 2.18. The van der Waals surface area contributed by atoms with E-state index in [-0.39, 0.29) is 17.7 Å². The molecule has 2 heterocycles. The number of aryl methyl sites for hydroxylation is 1. The molecule has 0 aliphatic rings. The molecular formula is C14H12N4O3. The van der Waals surface area contributed by atoms with Gasteiger partial charge in [0.25, 0.3) is 5.56 Å². The van der Waals surface area contributed by atoms with Gasteiger partial charge in [-0.15, -0.1) is 0 Å². The third kappa shape index (κ3) is 2.29. The van der Waals surface area contributed by atoms with Crippen molar-refractivity contribution in [2.75, 3.05) is 0 Å². The molecular weight excluding hydrogens is 272 g/mol. The third-order valence-corrected chi connectivity index (χ3v) is 3.24. The Morgan fingerprint density at radius 3 is 2.95 bits per heavy atom. The molecule has 1 aromatic carbocycles. The molecule has 0 spiro atoms. The molecule has 1 N–H and O–H groups in total. The van der Waals surface area contributed by atoms with Gasteiger partial charge in [0.1, 0.15) is 11.7 Å². The smallest absolute Gasteiger partial charge is 0.335 e. The quantitative estimate of drug-likeness (QED) is 0.771. The molecule has 3 aromatic rings. The van der Waals surface area contributed by atoms with E-state index in [2.05, 4.69) is 10.1 Å². The second-order valence-electron chi connectivity index (χ2n) is 4.69. The second kappa shape index (κ2) is 4.86. The Morgan fingerprint density at radius 1 is 1.38 bits per heavy atom. The van der Waals surface area contributed by atoms with Gasteiger partial charge in [-0.05, 0) is 17.7 Å². The first-order valence-corrected chi connectivity index (χ1v) is 6.25. The molecule has 0 fully saturated rings. The van der Waals surface area contributed by atoms with Crippen LogP contribution in [0.4, 0.5) is 0 Å². The van der Waals surface area contributed by atoms with Crippen LogP contribution in [0.5, 0.6) is 0 Å². The van der Waals surface area contributed by atoms with E-state index in [1.165, 1.54) is 27.8 Å². The first kappa shape index (κ1) is 13.0. The van der Waals surface area contributed by atoms with Crippen LogP contribution in [0.3, 0.4) is 0 Å². The van der Waals surface area contributed by atoms with E-state index in [0.717, 1.165) is 5.56 Å². The molecule has 0 aliphatic heterocycles. The SMILES string of the molecule is Cn1ncc2c(=O)n(Cc3cccc(C(=O)O)c3)cnc21. The van der Waals surface area contributed by atoms with Crippen molar-refractivity contribution in [3.05, 3.63) is 58.3 Å². The van der Waals surface area contributed by atoms with Gasteiger partial charge in [0, 0.05) is 7.05 Å². The molecule has 0 bridgehead atoms. The van der Waals surface area contributed by atoms with Crippen LogP contribution in [0, 0.1) is 0 Å². The molecule has 0 saturated carbocycles. The van der Waals surface area contributed by atoms with Crippen LogP contribution >= 0.6 is 0 Å². The summed E-state index contributed by atoms with van der Waals surface area (Å²) < 4.78 is 2.97. The first-order valence-electron chi connectivity index (χ1n) is 6.25. The number of benzene rings is 1. The molecule has 2 aromatic heterocycles. The largest absolute Gasteiger partial charge is 0.478 e. The van der Waals surface area contributed by atoms with Gasteiger partial charge < -0.3 is 5.11 Å². The summed E-state index contributed by atoms with van der Waals surface area (Å²) in [7, 11) is 1.72. The van der Waals surface area contributed by atoms with E-state index < -0.39 is 5.97 Å². The Balaban J connectivity index is 2.02. The normalized spacial score (nSPS) is 10.9. The minimum Gasteiger partial charge on any atom is -0.478 e. The Labute approximate surface area is 119 Å². The summed E-state index contributed by atoms with van der Waals surface area (Å²) in [4.78, 5) is 27.5. The molecule has 7 nitrogen and oxygen atoms in total. The topological polar surface area (TPSA) is 90.0 Å². The summed E-state index contributed by atoms with van der Waals surface area (Å²) in [6.45, 7) is 0.262. The zero-order valence-corrected chi connectivity index (χ0v) is 11.2. The number of nitrogens with zero attached hydrogens (tertiary/aromatic N) is 4. The lowest BCUT2D eigenvalue weighted by Crippen LogP contribution is -2.21. The lowest BCUT2D eigenvalue weighted by molar-refractivity contribution is 0.0696. The number of aromatic nitrogens is 4. The van der Waals surface area contributed by atoms with Crippen LogP contribution in [-0.4, -0.2) is 30.4 Å². The molecule has 0 amide bonds. The van der Waals surface area contributed by atoms with Crippen molar-refractivity contribution >= 4 is 17.0 Å². The number of fused-ring (bicyclic) bond motifs is 1. The summed E-state index contributed by atoms with van der Waals surface area (Å²) in [5, 5.41) is 13.4. The van der Waals surface area contributed by atoms with Gasteiger partial charge in [-0.1, -0.05) is 12.1 Å². The first-order chi connectivity index (χ1) is 10.1. The van der Waals surface area contributed by atoms with Crippen LogP contribution in [0.1, 0.15) is 15.9 Å². The molecule has 0 radical (unpaired) electrons. The number of rotatable bonds is 3. The highest BCUT2D eigenvalue weighted by Crippen LogP contribution is 2.08. The average Bonchev–Trinajstić information content (AvgIpc) is 2.84. The van der Waals surface area contributed by atoms with E-state index in [4.69, 9.17) is 5.11 Å². The Hall–Kier alpha value is -2.96. The van der Waals surface area contributed by atoms with Gasteiger partial charge in [-0.25, -0.2) is 9.78 Å². The standard InChI is InChI=1S/C14H12N4O3/c1-17-12-11(6-16-17)13(19)18(8-15-12)7-9-3-2-4-10(5-9)14(20)21/h2-6,8H,7H2,1H3,(H,20,21). The Bertz CT molecular complexity index is 895. The number of hydrogen-bond acceptors (Lipinski definition) is 4.